The van der Waals surface area contributed by atoms with Gasteiger partial charge in [0.1, 0.15) is 0 Å². The summed E-state index contributed by atoms with van der Waals surface area (Å²) in [6.45, 7) is 17.5. The largest absolute Gasteiger partial charge is 2.00 e. The topological polar surface area (TPSA) is 9.86 Å². The predicted molar refractivity (Wildman–Crippen MR) is 108 cm³/mol. The van der Waals surface area contributed by atoms with Crippen LogP contribution in [0.3, 0.4) is 0 Å². The fraction of sp³-hybridized carbons (Fsp3) is 0.476. The van der Waals surface area contributed by atoms with Gasteiger partial charge < -0.3 is 9.13 Å². The van der Waals surface area contributed by atoms with E-state index in [0.717, 1.165) is 4.77 Å². The van der Waals surface area contributed by atoms with Gasteiger partial charge in [0, 0.05) is 14.1 Å². The number of hydrogen-bond donors (Lipinski definition) is 0. The number of aromatic nitrogens is 2. The van der Waals surface area contributed by atoms with Crippen molar-refractivity contribution < 1.29 is 19.5 Å². The molecule has 0 unspecified atom stereocenters. The molecule has 0 atom stereocenters. The van der Waals surface area contributed by atoms with Crippen LogP contribution in [0, 0.1) is 60.2 Å². The molecule has 0 radical (unpaired) electrons. The molecule has 138 valence electrons. The normalized spacial score (nSPS) is 10.6. The van der Waals surface area contributed by atoms with Crippen LogP contribution in [0.25, 0.3) is 11.0 Å². The van der Waals surface area contributed by atoms with Crippen molar-refractivity contribution in [3.63, 3.8) is 0 Å². The molecule has 0 saturated heterocycles. The Hall–Kier alpha value is -0.987. The van der Waals surface area contributed by atoms with E-state index in [-0.39, 0.29) is 19.5 Å². The zero-order valence-corrected chi connectivity index (χ0v) is 19.7. The molecule has 25 heavy (non-hydrogen) atoms. The standard InChI is InChI=1S/C11H15N2S.C10H15.Ru/c1-6-7(2)9-10(8(6)3)13(5)11(14)12(9)4;1-6-7(2)9(4)10(5)8(6)3;/h1-5H3;1-5H3;/q2*-1;+2. The van der Waals surface area contributed by atoms with Crippen LogP contribution in [-0.2, 0) is 33.6 Å². The second-order valence-corrected chi connectivity index (χ2v) is 7.46. The van der Waals surface area contributed by atoms with Crippen LogP contribution in [0.2, 0.25) is 0 Å². The molecule has 0 saturated carbocycles. The third-order valence-electron chi connectivity index (χ3n) is 6.12. The maximum atomic E-state index is 5.34. The van der Waals surface area contributed by atoms with Gasteiger partial charge in [-0.05, 0) is 12.2 Å². The van der Waals surface area contributed by atoms with Crippen LogP contribution in [0.5, 0.6) is 0 Å². The van der Waals surface area contributed by atoms with Crippen molar-refractivity contribution >= 4 is 23.3 Å². The van der Waals surface area contributed by atoms with E-state index in [2.05, 4.69) is 64.5 Å². The van der Waals surface area contributed by atoms with Gasteiger partial charge in [-0.15, -0.1) is 5.56 Å². The van der Waals surface area contributed by atoms with Gasteiger partial charge in [0.2, 0.25) is 0 Å². The summed E-state index contributed by atoms with van der Waals surface area (Å²) in [5.41, 5.74) is 14.0. The molecule has 0 bridgehead atoms. The molecule has 0 spiro atoms. The van der Waals surface area contributed by atoms with Crippen molar-refractivity contribution in [2.45, 2.75) is 55.4 Å². The summed E-state index contributed by atoms with van der Waals surface area (Å²) in [7, 11) is 4.08. The average Bonchev–Trinajstić information content (AvgIpc) is 2.99. The van der Waals surface area contributed by atoms with Crippen LogP contribution < -0.4 is 0 Å². The zero-order chi connectivity index (χ0) is 18.5. The van der Waals surface area contributed by atoms with E-state index in [1.807, 2.05) is 14.1 Å². The molecule has 2 nitrogen and oxygen atoms in total. The van der Waals surface area contributed by atoms with Crippen molar-refractivity contribution in [2.75, 3.05) is 0 Å². The summed E-state index contributed by atoms with van der Waals surface area (Å²) in [5.74, 6) is 0. The molecule has 0 aliphatic heterocycles. The number of nitrogens with zero attached hydrogens (tertiary/aromatic N) is 2. The first kappa shape index (κ1) is 22.1. The van der Waals surface area contributed by atoms with Crippen LogP contribution in [-0.4, -0.2) is 9.13 Å². The Balaban J connectivity index is 0.000000254. The summed E-state index contributed by atoms with van der Waals surface area (Å²) < 4.78 is 5.08. The molecule has 3 aromatic rings. The first-order valence-corrected chi connectivity index (χ1v) is 8.90. The molecule has 0 aliphatic rings. The number of fused-ring (bicyclic) bond motifs is 1. The maximum Gasteiger partial charge on any atom is 2.00 e. The van der Waals surface area contributed by atoms with E-state index >= 15 is 0 Å². The number of hydrogen-bond acceptors (Lipinski definition) is 1. The Morgan fingerprint density at radius 2 is 1.08 bits per heavy atom. The second-order valence-electron chi connectivity index (χ2n) is 7.10. The Kier molecular flexibility index (Phi) is 6.81. The Bertz CT molecular complexity index is 850. The van der Waals surface area contributed by atoms with E-state index in [1.54, 1.807) is 0 Å². The minimum atomic E-state index is 0. The summed E-state index contributed by atoms with van der Waals surface area (Å²) in [4.78, 5) is 0. The fourth-order valence-corrected chi connectivity index (χ4v) is 3.82. The van der Waals surface area contributed by atoms with Crippen LogP contribution in [0.15, 0.2) is 0 Å². The van der Waals surface area contributed by atoms with E-state index in [0.29, 0.717) is 0 Å². The van der Waals surface area contributed by atoms with Crippen LogP contribution in [0.1, 0.15) is 44.5 Å². The molecule has 0 amide bonds. The van der Waals surface area contributed by atoms with E-state index < -0.39 is 0 Å². The van der Waals surface area contributed by atoms with E-state index in [1.165, 1.54) is 55.5 Å². The minimum absolute atomic E-state index is 0. The van der Waals surface area contributed by atoms with Crippen molar-refractivity contribution in [1.29, 1.82) is 0 Å². The molecule has 1 aromatic heterocycles. The summed E-state index contributed by atoms with van der Waals surface area (Å²) >= 11 is 5.34. The first-order chi connectivity index (χ1) is 11.0. The van der Waals surface area contributed by atoms with E-state index in [4.69, 9.17) is 12.2 Å². The molecule has 0 aliphatic carbocycles. The third kappa shape index (κ3) is 3.36. The van der Waals surface area contributed by atoms with Gasteiger partial charge in [-0.3, -0.25) is 0 Å². The predicted octanol–water partition coefficient (Wildman–Crippen LogP) is 5.84. The van der Waals surface area contributed by atoms with Gasteiger partial charge in [0.25, 0.3) is 0 Å². The summed E-state index contributed by atoms with van der Waals surface area (Å²) in [5, 5.41) is 0. The first-order valence-electron chi connectivity index (χ1n) is 8.49. The van der Waals surface area contributed by atoms with Crippen molar-refractivity contribution in [3.05, 3.63) is 49.3 Å². The molecule has 0 N–H and O–H groups in total. The smallest absolute Gasteiger partial charge is 0.383 e. The molecule has 1 heterocycles. The Morgan fingerprint density at radius 1 is 0.680 bits per heavy atom. The van der Waals surface area contributed by atoms with Crippen molar-refractivity contribution in [3.8, 4) is 0 Å². The summed E-state index contributed by atoms with van der Waals surface area (Å²) in [6, 6.07) is 0. The van der Waals surface area contributed by atoms with E-state index in [9.17, 15) is 0 Å². The zero-order valence-electron chi connectivity index (χ0n) is 17.2. The maximum absolute atomic E-state index is 5.34. The average molecular weight is 444 g/mol. The molecule has 3 rings (SSSR count). The quantitative estimate of drug-likeness (QED) is 0.241. The fourth-order valence-electron chi connectivity index (χ4n) is 3.64. The Labute approximate surface area is 170 Å². The van der Waals surface area contributed by atoms with Gasteiger partial charge in [-0.2, -0.15) is 38.9 Å². The van der Waals surface area contributed by atoms with Crippen LogP contribution >= 0.6 is 12.2 Å². The molecular formula is C21H30N2RuS. The van der Waals surface area contributed by atoms with Gasteiger partial charge in [0.15, 0.2) is 4.77 Å². The third-order valence-corrected chi connectivity index (χ3v) is 6.66. The Morgan fingerprint density at radius 3 is 1.40 bits per heavy atom. The van der Waals surface area contributed by atoms with Gasteiger partial charge in [-0.25, -0.2) is 0 Å². The van der Waals surface area contributed by atoms with Gasteiger partial charge >= 0.3 is 19.5 Å². The molecular weight excluding hydrogens is 413 g/mol. The number of rotatable bonds is 0. The summed E-state index contributed by atoms with van der Waals surface area (Å²) in [6.07, 6.45) is 0. The molecule has 0 fully saturated rings. The SMILES string of the molecule is Cc1c(C)[c-](C)c2c1n(C)c(=S)n2C.Cc1c(C)c(C)[c-](C)c1C.[Ru+2]. The van der Waals surface area contributed by atoms with Crippen molar-refractivity contribution in [1.82, 2.24) is 9.13 Å². The molecule has 2 aromatic carbocycles. The molecule has 4 heteroatoms. The second kappa shape index (κ2) is 7.72. The van der Waals surface area contributed by atoms with Gasteiger partial charge in [-0.1, -0.05) is 66.4 Å². The number of aryl methyl sites for hydroxylation is 4. The minimum Gasteiger partial charge on any atom is -0.383 e. The number of imidazole rings is 1. The van der Waals surface area contributed by atoms with Gasteiger partial charge in [0.05, 0.1) is 0 Å². The monoisotopic (exact) mass is 444 g/mol. The van der Waals surface area contributed by atoms with Crippen molar-refractivity contribution in [2.24, 2.45) is 14.1 Å². The van der Waals surface area contributed by atoms with Crippen LogP contribution in [0.4, 0.5) is 0 Å².